The van der Waals surface area contributed by atoms with Crippen LogP contribution in [0.4, 0.5) is 15.8 Å². The number of benzene rings is 1. The lowest BCUT2D eigenvalue weighted by molar-refractivity contribution is -0.385. The van der Waals surface area contributed by atoms with Gasteiger partial charge in [-0.05, 0) is 18.4 Å². The van der Waals surface area contributed by atoms with Crippen LogP contribution >= 0.6 is 0 Å². The van der Waals surface area contributed by atoms with Crippen LogP contribution in [0.3, 0.4) is 0 Å². The second kappa shape index (κ2) is 4.89. The number of hydrogen-bond donors (Lipinski definition) is 1. The smallest absolute Gasteiger partial charge is 0.272 e. The van der Waals surface area contributed by atoms with E-state index in [2.05, 4.69) is 0 Å². The van der Waals surface area contributed by atoms with Gasteiger partial charge in [0.25, 0.3) is 5.69 Å². The van der Waals surface area contributed by atoms with E-state index in [1.165, 1.54) is 12.1 Å². The third-order valence-corrected chi connectivity index (χ3v) is 3.45. The number of nitro benzene ring substituents is 1. The molecule has 18 heavy (non-hydrogen) atoms. The van der Waals surface area contributed by atoms with Crippen LogP contribution in [0.25, 0.3) is 0 Å². The number of nitrogens with two attached hydrogens (primary N) is 1. The number of rotatable bonds is 2. The van der Waals surface area contributed by atoms with Crippen LogP contribution in [0.1, 0.15) is 13.3 Å². The Morgan fingerprint density at radius 2 is 2.28 bits per heavy atom. The highest BCUT2D eigenvalue weighted by atomic mass is 19.1. The largest absolute Gasteiger partial charge is 0.369 e. The van der Waals surface area contributed by atoms with Crippen LogP contribution in [0.2, 0.25) is 0 Å². The van der Waals surface area contributed by atoms with Crippen molar-refractivity contribution in [3.63, 3.8) is 0 Å². The second-order valence-corrected chi connectivity index (χ2v) is 4.77. The summed E-state index contributed by atoms with van der Waals surface area (Å²) in [4.78, 5) is 11.8. The van der Waals surface area contributed by atoms with Gasteiger partial charge in [0.05, 0.1) is 16.7 Å². The molecule has 0 radical (unpaired) electrons. The summed E-state index contributed by atoms with van der Waals surface area (Å²) in [5.41, 5.74) is 6.10. The molecule has 1 aliphatic rings. The molecule has 2 rings (SSSR count). The summed E-state index contributed by atoms with van der Waals surface area (Å²) in [5, 5.41) is 10.5. The van der Waals surface area contributed by atoms with Gasteiger partial charge in [-0.15, -0.1) is 0 Å². The maximum absolute atomic E-state index is 13.8. The first kappa shape index (κ1) is 12.8. The van der Waals surface area contributed by atoms with Gasteiger partial charge < -0.3 is 10.6 Å². The summed E-state index contributed by atoms with van der Waals surface area (Å²) in [5.74, 6) is -0.264. The van der Waals surface area contributed by atoms with Gasteiger partial charge in [-0.2, -0.15) is 0 Å². The van der Waals surface area contributed by atoms with Gasteiger partial charge in [0.15, 0.2) is 5.82 Å². The Kier molecular flexibility index (Phi) is 3.47. The molecular formula is C12H16FN3O2. The van der Waals surface area contributed by atoms with Crippen molar-refractivity contribution in [3.8, 4) is 0 Å². The Balaban J connectivity index is 2.21. The summed E-state index contributed by atoms with van der Waals surface area (Å²) < 4.78 is 13.8. The molecule has 1 aromatic carbocycles. The standard InChI is InChI=1S/C12H16FN3O2/c1-8-7-15(5-4-11(8)14)12-3-2-9(16(17)18)6-10(12)13/h2-3,6,8,11H,4-5,7,14H2,1H3. The van der Waals surface area contributed by atoms with Gasteiger partial charge in [0.2, 0.25) is 0 Å². The molecular weight excluding hydrogens is 237 g/mol. The maximum atomic E-state index is 13.8. The van der Waals surface area contributed by atoms with Gasteiger partial charge in [0, 0.05) is 25.2 Å². The van der Waals surface area contributed by atoms with E-state index in [0.717, 1.165) is 12.5 Å². The van der Waals surface area contributed by atoms with E-state index in [1.807, 2.05) is 11.8 Å². The predicted molar refractivity (Wildman–Crippen MR) is 67.0 cm³/mol. The van der Waals surface area contributed by atoms with Crippen LogP contribution in [-0.2, 0) is 0 Å². The van der Waals surface area contributed by atoms with Crippen molar-refractivity contribution in [2.45, 2.75) is 19.4 Å². The van der Waals surface area contributed by atoms with Crippen molar-refractivity contribution in [2.75, 3.05) is 18.0 Å². The van der Waals surface area contributed by atoms with Crippen LogP contribution in [0.5, 0.6) is 0 Å². The van der Waals surface area contributed by atoms with Gasteiger partial charge in [0.1, 0.15) is 0 Å². The molecule has 6 heteroatoms. The minimum Gasteiger partial charge on any atom is -0.369 e. The SMILES string of the molecule is CC1CN(c2ccc([N+](=O)[O-])cc2F)CCC1N. The van der Waals surface area contributed by atoms with Crippen molar-refractivity contribution < 1.29 is 9.31 Å². The summed E-state index contributed by atoms with van der Waals surface area (Å²) in [7, 11) is 0. The Morgan fingerprint density at radius 3 is 2.83 bits per heavy atom. The van der Waals surface area contributed by atoms with Gasteiger partial charge in [-0.1, -0.05) is 6.92 Å². The van der Waals surface area contributed by atoms with Crippen LogP contribution in [-0.4, -0.2) is 24.1 Å². The topological polar surface area (TPSA) is 72.4 Å². The molecule has 0 bridgehead atoms. The number of non-ortho nitro benzene ring substituents is 1. The number of anilines is 1. The van der Waals surface area contributed by atoms with Gasteiger partial charge >= 0.3 is 0 Å². The Hall–Kier alpha value is -1.69. The third kappa shape index (κ3) is 2.43. The lowest BCUT2D eigenvalue weighted by Gasteiger charge is -2.36. The molecule has 1 aromatic rings. The highest BCUT2D eigenvalue weighted by Gasteiger charge is 2.25. The molecule has 0 saturated carbocycles. The maximum Gasteiger partial charge on any atom is 0.272 e. The Morgan fingerprint density at radius 1 is 1.56 bits per heavy atom. The molecule has 0 amide bonds. The molecule has 1 fully saturated rings. The minimum atomic E-state index is -0.596. The fourth-order valence-electron chi connectivity index (χ4n) is 2.25. The highest BCUT2D eigenvalue weighted by molar-refractivity contribution is 5.52. The highest BCUT2D eigenvalue weighted by Crippen LogP contribution is 2.27. The van der Waals surface area contributed by atoms with Gasteiger partial charge in [-0.25, -0.2) is 4.39 Å². The Bertz CT molecular complexity index is 467. The summed E-state index contributed by atoms with van der Waals surface area (Å²) >= 11 is 0. The third-order valence-electron chi connectivity index (χ3n) is 3.45. The van der Waals surface area contributed by atoms with E-state index in [-0.39, 0.29) is 17.6 Å². The average Bonchev–Trinajstić information content (AvgIpc) is 2.32. The Labute approximate surface area is 105 Å². The van der Waals surface area contributed by atoms with Crippen molar-refractivity contribution in [1.82, 2.24) is 0 Å². The molecule has 1 heterocycles. The zero-order valence-electron chi connectivity index (χ0n) is 10.2. The molecule has 0 aliphatic carbocycles. The number of piperidine rings is 1. The van der Waals surface area contributed by atoms with E-state index >= 15 is 0 Å². The van der Waals surface area contributed by atoms with E-state index < -0.39 is 10.7 Å². The fraction of sp³-hybridized carbons (Fsp3) is 0.500. The normalized spacial score (nSPS) is 24.1. The predicted octanol–water partition coefficient (Wildman–Crippen LogP) is 1.91. The lowest BCUT2D eigenvalue weighted by atomic mass is 9.94. The first-order chi connectivity index (χ1) is 8.49. The molecule has 5 nitrogen and oxygen atoms in total. The van der Waals surface area contributed by atoms with Crippen molar-refractivity contribution >= 4 is 11.4 Å². The van der Waals surface area contributed by atoms with Crippen molar-refractivity contribution in [1.29, 1.82) is 0 Å². The van der Waals surface area contributed by atoms with Gasteiger partial charge in [-0.3, -0.25) is 10.1 Å². The van der Waals surface area contributed by atoms with E-state index in [0.29, 0.717) is 18.8 Å². The monoisotopic (exact) mass is 253 g/mol. The summed E-state index contributed by atoms with van der Waals surface area (Å²) in [6, 6.07) is 3.91. The zero-order chi connectivity index (χ0) is 13.3. The number of nitro groups is 1. The van der Waals surface area contributed by atoms with E-state index in [4.69, 9.17) is 5.73 Å². The molecule has 1 saturated heterocycles. The van der Waals surface area contributed by atoms with Crippen molar-refractivity contribution in [3.05, 3.63) is 34.1 Å². The van der Waals surface area contributed by atoms with Crippen LogP contribution in [0, 0.1) is 21.8 Å². The van der Waals surface area contributed by atoms with E-state index in [1.54, 1.807) is 0 Å². The molecule has 2 atom stereocenters. The van der Waals surface area contributed by atoms with Crippen LogP contribution < -0.4 is 10.6 Å². The number of hydrogen-bond acceptors (Lipinski definition) is 4. The fourth-order valence-corrected chi connectivity index (χ4v) is 2.25. The average molecular weight is 253 g/mol. The molecule has 2 unspecified atom stereocenters. The molecule has 98 valence electrons. The summed E-state index contributed by atoms with van der Waals surface area (Å²) in [6.07, 6.45) is 0.803. The first-order valence-electron chi connectivity index (χ1n) is 5.93. The molecule has 2 N–H and O–H groups in total. The minimum absolute atomic E-state index is 0.141. The molecule has 0 spiro atoms. The lowest BCUT2D eigenvalue weighted by Crippen LogP contribution is -2.46. The summed E-state index contributed by atoms with van der Waals surface area (Å²) in [6.45, 7) is 3.39. The molecule has 0 aromatic heterocycles. The zero-order valence-corrected chi connectivity index (χ0v) is 10.2. The number of halogens is 1. The quantitative estimate of drug-likeness (QED) is 0.645. The molecule has 1 aliphatic heterocycles. The second-order valence-electron chi connectivity index (χ2n) is 4.77. The van der Waals surface area contributed by atoms with Crippen molar-refractivity contribution in [2.24, 2.45) is 11.7 Å². The first-order valence-corrected chi connectivity index (χ1v) is 5.93. The van der Waals surface area contributed by atoms with E-state index in [9.17, 15) is 14.5 Å². The number of nitrogens with zero attached hydrogens (tertiary/aromatic N) is 2. The van der Waals surface area contributed by atoms with Crippen LogP contribution in [0.15, 0.2) is 18.2 Å².